The average Bonchev–Trinajstić information content (AvgIpc) is 3.11. The van der Waals surface area contributed by atoms with Gasteiger partial charge < -0.3 is 19.5 Å². The van der Waals surface area contributed by atoms with Crippen LogP contribution in [0, 0.1) is 0 Å². The molecule has 1 aromatic heterocycles. The highest BCUT2D eigenvalue weighted by Gasteiger charge is 2.07. The summed E-state index contributed by atoms with van der Waals surface area (Å²) in [4.78, 5) is 1.21. The Morgan fingerprint density at radius 1 is 1.04 bits per heavy atom. The lowest BCUT2D eigenvalue weighted by Gasteiger charge is -2.13. The zero-order valence-corrected chi connectivity index (χ0v) is 16.6. The van der Waals surface area contributed by atoms with Gasteiger partial charge >= 0.3 is 0 Å². The molecule has 6 heteroatoms. The van der Waals surface area contributed by atoms with Gasteiger partial charge in [0.2, 0.25) is 0 Å². The van der Waals surface area contributed by atoms with E-state index in [2.05, 4.69) is 28.9 Å². The van der Waals surface area contributed by atoms with Crippen LogP contribution in [0.25, 0.3) is 0 Å². The molecule has 1 N–H and O–H groups in total. The van der Waals surface area contributed by atoms with E-state index in [-0.39, 0.29) is 12.4 Å². The third-order valence-electron chi connectivity index (χ3n) is 3.43. The molecule has 0 aliphatic heterocycles. The maximum atomic E-state index is 5.91. The average molecular weight is 386 g/mol. The lowest BCUT2D eigenvalue weighted by Crippen LogP contribution is -2.16. The van der Waals surface area contributed by atoms with Gasteiger partial charge in [-0.2, -0.15) is 0 Å². The van der Waals surface area contributed by atoms with Gasteiger partial charge in [-0.25, -0.2) is 0 Å². The van der Waals surface area contributed by atoms with Crippen LogP contribution in [0.15, 0.2) is 35.7 Å². The molecule has 0 aliphatic rings. The van der Waals surface area contributed by atoms with E-state index < -0.39 is 0 Å². The first kappa shape index (κ1) is 21.8. The molecule has 0 radical (unpaired) electrons. The van der Waals surface area contributed by atoms with E-state index in [4.69, 9.17) is 14.2 Å². The summed E-state index contributed by atoms with van der Waals surface area (Å²) in [5.74, 6) is 1.60. The van der Waals surface area contributed by atoms with E-state index in [0.717, 1.165) is 44.2 Å². The van der Waals surface area contributed by atoms with Crippen molar-refractivity contribution in [3.63, 3.8) is 0 Å². The van der Waals surface area contributed by atoms with Crippen molar-refractivity contribution in [2.24, 2.45) is 0 Å². The van der Waals surface area contributed by atoms with Crippen LogP contribution in [-0.4, -0.2) is 26.4 Å². The number of ether oxygens (including phenoxy) is 3. The Morgan fingerprint density at radius 2 is 1.92 bits per heavy atom. The standard InChI is InChI=1S/C19H27NO3S.ClH/c1-3-21-11-6-10-20-14-16-8-9-18(19(13-16)22-4-2)23-15-17-7-5-12-24-17;/h5,7-9,12-13,20H,3-4,6,10-11,14-15H2,1-2H3;1H. The first-order chi connectivity index (χ1) is 11.8. The molecule has 1 aromatic carbocycles. The van der Waals surface area contributed by atoms with Crippen LogP contribution in [0.4, 0.5) is 0 Å². The van der Waals surface area contributed by atoms with E-state index in [0.29, 0.717) is 13.2 Å². The monoisotopic (exact) mass is 385 g/mol. The third-order valence-corrected chi connectivity index (χ3v) is 4.28. The summed E-state index contributed by atoms with van der Waals surface area (Å²) < 4.78 is 17.0. The molecule has 0 bridgehead atoms. The van der Waals surface area contributed by atoms with Crippen LogP contribution in [0.1, 0.15) is 30.7 Å². The van der Waals surface area contributed by atoms with Gasteiger partial charge in [0.15, 0.2) is 11.5 Å². The van der Waals surface area contributed by atoms with Crippen molar-refractivity contribution < 1.29 is 14.2 Å². The van der Waals surface area contributed by atoms with Crippen molar-refractivity contribution in [2.45, 2.75) is 33.4 Å². The van der Waals surface area contributed by atoms with Crippen molar-refractivity contribution in [3.8, 4) is 11.5 Å². The van der Waals surface area contributed by atoms with Crippen molar-refractivity contribution in [2.75, 3.05) is 26.4 Å². The lowest BCUT2D eigenvalue weighted by molar-refractivity contribution is 0.144. The maximum Gasteiger partial charge on any atom is 0.161 e. The minimum atomic E-state index is 0. The molecule has 140 valence electrons. The molecule has 0 spiro atoms. The van der Waals surface area contributed by atoms with Gasteiger partial charge in [0.05, 0.1) is 6.61 Å². The SMILES string of the molecule is CCOCCCNCc1ccc(OCc2cccs2)c(OCC)c1.Cl. The number of rotatable bonds is 12. The van der Waals surface area contributed by atoms with E-state index in [9.17, 15) is 0 Å². The number of hydrogen-bond donors (Lipinski definition) is 1. The van der Waals surface area contributed by atoms with Gasteiger partial charge in [-0.3, -0.25) is 0 Å². The zero-order chi connectivity index (χ0) is 17.0. The lowest BCUT2D eigenvalue weighted by atomic mass is 10.2. The molecule has 0 atom stereocenters. The highest BCUT2D eigenvalue weighted by atomic mass is 35.5. The second kappa shape index (κ2) is 13.0. The predicted molar refractivity (Wildman–Crippen MR) is 106 cm³/mol. The van der Waals surface area contributed by atoms with Gasteiger partial charge in [0.25, 0.3) is 0 Å². The zero-order valence-electron chi connectivity index (χ0n) is 15.0. The largest absolute Gasteiger partial charge is 0.490 e. The van der Waals surface area contributed by atoms with Gasteiger partial charge in [-0.05, 0) is 56.0 Å². The second-order valence-electron chi connectivity index (χ2n) is 5.31. The van der Waals surface area contributed by atoms with Crippen molar-refractivity contribution in [1.82, 2.24) is 5.32 Å². The summed E-state index contributed by atoms with van der Waals surface area (Å²) in [6, 6.07) is 10.2. The molecule has 25 heavy (non-hydrogen) atoms. The molecule has 4 nitrogen and oxygen atoms in total. The fourth-order valence-electron chi connectivity index (χ4n) is 2.27. The maximum absolute atomic E-state index is 5.91. The Labute approximate surface area is 160 Å². The summed E-state index contributed by atoms with van der Waals surface area (Å²) in [6.07, 6.45) is 1.02. The van der Waals surface area contributed by atoms with Crippen molar-refractivity contribution >= 4 is 23.7 Å². The Morgan fingerprint density at radius 3 is 2.64 bits per heavy atom. The molecular formula is C19H28ClNO3S. The van der Waals surface area contributed by atoms with Crippen LogP contribution in [-0.2, 0) is 17.9 Å². The first-order valence-corrected chi connectivity index (χ1v) is 9.40. The van der Waals surface area contributed by atoms with Crippen molar-refractivity contribution in [1.29, 1.82) is 0 Å². The predicted octanol–water partition coefficient (Wildman–Crippen LogP) is 4.66. The van der Waals surface area contributed by atoms with Gasteiger partial charge in [-0.15, -0.1) is 23.7 Å². The quantitative estimate of drug-likeness (QED) is 0.539. The van der Waals surface area contributed by atoms with Crippen LogP contribution in [0.2, 0.25) is 0 Å². The van der Waals surface area contributed by atoms with Gasteiger partial charge in [0.1, 0.15) is 6.61 Å². The van der Waals surface area contributed by atoms with Crippen LogP contribution < -0.4 is 14.8 Å². The Kier molecular flexibility index (Phi) is 11.3. The minimum absolute atomic E-state index is 0. The van der Waals surface area contributed by atoms with E-state index in [1.165, 1.54) is 10.4 Å². The molecule has 0 aliphatic carbocycles. The highest BCUT2D eigenvalue weighted by molar-refractivity contribution is 7.09. The normalized spacial score (nSPS) is 10.3. The summed E-state index contributed by atoms with van der Waals surface area (Å²) in [5.41, 5.74) is 1.19. The second-order valence-corrected chi connectivity index (χ2v) is 6.34. The highest BCUT2D eigenvalue weighted by Crippen LogP contribution is 2.29. The van der Waals surface area contributed by atoms with Crippen LogP contribution in [0.5, 0.6) is 11.5 Å². The van der Waals surface area contributed by atoms with E-state index >= 15 is 0 Å². The van der Waals surface area contributed by atoms with Gasteiger partial charge in [0, 0.05) is 24.6 Å². The number of thiophene rings is 1. The number of benzene rings is 1. The Balaban J connectivity index is 0.00000312. The third kappa shape index (κ3) is 8.10. The summed E-state index contributed by atoms with van der Waals surface area (Å²) in [6.45, 7) is 8.56. The molecule has 0 saturated heterocycles. The summed E-state index contributed by atoms with van der Waals surface area (Å²) in [5, 5.41) is 5.49. The fraction of sp³-hybridized carbons (Fsp3) is 0.474. The fourth-order valence-corrected chi connectivity index (χ4v) is 2.89. The molecule has 0 fully saturated rings. The molecule has 0 amide bonds. The van der Waals surface area contributed by atoms with Gasteiger partial charge in [-0.1, -0.05) is 12.1 Å². The Hall–Kier alpha value is -1.27. The van der Waals surface area contributed by atoms with Crippen molar-refractivity contribution in [3.05, 3.63) is 46.2 Å². The van der Waals surface area contributed by atoms with E-state index in [1.807, 2.05) is 26.0 Å². The smallest absolute Gasteiger partial charge is 0.161 e. The summed E-state index contributed by atoms with van der Waals surface area (Å²) >= 11 is 1.70. The molecule has 0 unspecified atom stereocenters. The first-order valence-electron chi connectivity index (χ1n) is 8.52. The topological polar surface area (TPSA) is 39.7 Å². The number of hydrogen-bond acceptors (Lipinski definition) is 5. The number of nitrogens with one attached hydrogen (secondary N) is 1. The van der Waals surface area contributed by atoms with Crippen LogP contribution >= 0.6 is 23.7 Å². The molecule has 0 saturated carbocycles. The molecule has 2 aromatic rings. The number of halogens is 1. The summed E-state index contributed by atoms with van der Waals surface area (Å²) in [7, 11) is 0. The molecular weight excluding hydrogens is 358 g/mol. The molecule has 2 rings (SSSR count). The van der Waals surface area contributed by atoms with Crippen LogP contribution in [0.3, 0.4) is 0 Å². The molecule has 1 heterocycles. The minimum Gasteiger partial charge on any atom is -0.490 e. The Bertz CT molecular complexity index is 578. The van der Waals surface area contributed by atoms with E-state index in [1.54, 1.807) is 11.3 Å².